The molecule has 1 N–H and O–H groups in total. The topological polar surface area (TPSA) is 80.5 Å². The average molecular weight is 398 g/mol. The van der Waals surface area contributed by atoms with Gasteiger partial charge in [0.1, 0.15) is 12.4 Å². The highest BCUT2D eigenvalue weighted by Gasteiger charge is 2.27. The maximum Gasteiger partial charge on any atom is 0.317 e. The van der Waals surface area contributed by atoms with E-state index in [-0.39, 0.29) is 11.9 Å². The second kappa shape index (κ2) is 8.88. The molecule has 0 atom stereocenters. The number of nitrogens with zero attached hydrogens (tertiary/aromatic N) is 3. The van der Waals surface area contributed by atoms with Crippen LogP contribution in [0.15, 0.2) is 51.6 Å². The molecule has 1 aliphatic heterocycles. The predicted molar refractivity (Wildman–Crippen MR) is 106 cm³/mol. The first kappa shape index (κ1) is 18.5. The number of thiophene rings is 1. The molecule has 1 aromatic carbocycles. The fourth-order valence-electron chi connectivity index (χ4n) is 3.19. The van der Waals surface area contributed by atoms with E-state index in [0.717, 1.165) is 24.2 Å². The number of carbonyl (C=O) groups excluding carboxylic acids is 1. The fourth-order valence-corrected chi connectivity index (χ4v) is 3.82. The summed E-state index contributed by atoms with van der Waals surface area (Å²) in [6, 6.07) is 11.5. The quantitative estimate of drug-likeness (QED) is 0.640. The van der Waals surface area contributed by atoms with Crippen molar-refractivity contribution in [2.45, 2.75) is 18.8 Å². The molecule has 0 saturated carbocycles. The van der Waals surface area contributed by atoms with Crippen LogP contribution in [0.4, 0.5) is 4.79 Å². The van der Waals surface area contributed by atoms with Crippen LogP contribution < -0.4 is 10.1 Å². The summed E-state index contributed by atoms with van der Waals surface area (Å²) < 4.78 is 11.4. The third-order valence-electron chi connectivity index (χ3n) is 4.73. The summed E-state index contributed by atoms with van der Waals surface area (Å²) >= 11 is 1.60. The number of aromatic nitrogens is 2. The molecule has 4 rings (SSSR count). The van der Waals surface area contributed by atoms with Gasteiger partial charge in [0.15, 0.2) is 0 Å². The van der Waals surface area contributed by atoms with E-state index in [4.69, 9.17) is 9.15 Å². The molecular formula is C20H22N4O3S. The normalized spacial score (nSPS) is 14.8. The molecule has 0 unspecified atom stereocenters. The number of para-hydroxylation sites is 1. The van der Waals surface area contributed by atoms with Crippen LogP contribution in [0.2, 0.25) is 0 Å². The van der Waals surface area contributed by atoms with Gasteiger partial charge in [0.2, 0.25) is 11.8 Å². The number of hydrogen-bond donors (Lipinski definition) is 1. The molecule has 8 heteroatoms. The van der Waals surface area contributed by atoms with Crippen LogP contribution >= 0.6 is 11.3 Å². The van der Waals surface area contributed by atoms with Crippen LogP contribution in [0.5, 0.6) is 5.75 Å². The lowest BCUT2D eigenvalue weighted by Crippen LogP contribution is -2.45. The molecule has 3 aromatic rings. The summed E-state index contributed by atoms with van der Waals surface area (Å²) in [5.74, 6) is 2.23. The van der Waals surface area contributed by atoms with E-state index >= 15 is 0 Å². The zero-order valence-corrected chi connectivity index (χ0v) is 16.2. The number of amides is 2. The first-order valence-electron chi connectivity index (χ1n) is 9.36. The Hall–Kier alpha value is -2.87. The van der Waals surface area contributed by atoms with Crippen molar-refractivity contribution in [2.75, 3.05) is 26.2 Å². The lowest BCUT2D eigenvalue weighted by Gasteiger charge is -2.30. The Morgan fingerprint density at radius 3 is 2.79 bits per heavy atom. The predicted octanol–water partition coefficient (Wildman–Crippen LogP) is 3.77. The van der Waals surface area contributed by atoms with Gasteiger partial charge in [0.25, 0.3) is 0 Å². The van der Waals surface area contributed by atoms with Gasteiger partial charge in [0.05, 0.1) is 6.54 Å². The van der Waals surface area contributed by atoms with Crippen LogP contribution in [0.25, 0.3) is 11.5 Å². The Morgan fingerprint density at radius 1 is 1.21 bits per heavy atom. The molecular weight excluding hydrogens is 376 g/mol. The molecule has 146 valence electrons. The van der Waals surface area contributed by atoms with Gasteiger partial charge in [-0.15, -0.1) is 10.2 Å². The molecule has 1 fully saturated rings. The lowest BCUT2D eigenvalue weighted by molar-refractivity contribution is 0.175. The van der Waals surface area contributed by atoms with Crippen LogP contribution in [0, 0.1) is 0 Å². The minimum absolute atomic E-state index is 0.0559. The molecule has 7 nitrogen and oxygen atoms in total. The van der Waals surface area contributed by atoms with E-state index in [1.807, 2.05) is 52.1 Å². The van der Waals surface area contributed by atoms with Gasteiger partial charge in [-0.3, -0.25) is 0 Å². The SMILES string of the molecule is O=C(NCCOc1ccccc1)N1CCC(c2nnc(-c3ccsc3)o2)CC1. The first-order chi connectivity index (χ1) is 13.8. The molecule has 2 aromatic heterocycles. The van der Waals surface area contributed by atoms with Crippen molar-refractivity contribution in [1.82, 2.24) is 20.4 Å². The maximum absolute atomic E-state index is 12.3. The Labute approximate surface area is 167 Å². The largest absolute Gasteiger partial charge is 0.492 e. The van der Waals surface area contributed by atoms with Crippen LogP contribution in [0.1, 0.15) is 24.7 Å². The number of carbonyl (C=O) groups is 1. The average Bonchev–Trinajstić information content (AvgIpc) is 3.44. The third-order valence-corrected chi connectivity index (χ3v) is 5.41. The molecule has 1 saturated heterocycles. The highest BCUT2D eigenvalue weighted by atomic mass is 32.1. The molecule has 28 heavy (non-hydrogen) atoms. The van der Waals surface area contributed by atoms with Gasteiger partial charge in [-0.05, 0) is 36.4 Å². The van der Waals surface area contributed by atoms with E-state index in [9.17, 15) is 4.79 Å². The number of urea groups is 1. The zero-order chi connectivity index (χ0) is 19.2. The minimum atomic E-state index is -0.0559. The molecule has 2 amide bonds. The van der Waals surface area contributed by atoms with Crippen molar-refractivity contribution >= 4 is 17.4 Å². The van der Waals surface area contributed by atoms with Crippen LogP contribution in [-0.4, -0.2) is 47.4 Å². The standard InChI is InChI=1S/C20H22N4O3S/c25-20(21-9-12-26-17-4-2-1-3-5-17)24-10-6-15(7-11-24)18-22-23-19(27-18)16-8-13-28-14-16/h1-5,8,13-15H,6-7,9-12H2,(H,21,25). The maximum atomic E-state index is 12.3. The summed E-state index contributed by atoms with van der Waals surface area (Å²) in [7, 11) is 0. The van der Waals surface area contributed by atoms with Crippen molar-refractivity contribution in [3.05, 3.63) is 53.0 Å². The van der Waals surface area contributed by atoms with E-state index in [1.54, 1.807) is 11.3 Å². The summed E-state index contributed by atoms with van der Waals surface area (Å²) in [5.41, 5.74) is 0.957. The van der Waals surface area contributed by atoms with E-state index in [0.29, 0.717) is 38.0 Å². The number of benzene rings is 1. The lowest BCUT2D eigenvalue weighted by atomic mass is 9.97. The van der Waals surface area contributed by atoms with Crippen molar-refractivity contribution < 1.29 is 13.9 Å². The van der Waals surface area contributed by atoms with Gasteiger partial charge < -0.3 is 19.4 Å². The summed E-state index contributed by atoms with van der Waals surface area (Å²) in [5, 5.41) is 15.2. The highest BCUT2D eigenvalue weighted by Crippen LogP contribution is 2.29. The number of likely N-dealkylation sites (tertiary alicyclic amines) is 1. The highest BCUT2D eigenvalue weighted by molar-refractivity contribution is 7.08. The van der Waals surface area contributed by atoms with Gasteiger partial charge in [-0.1, -0.05) is 18.2 Å². The number of rotatable bonds is 6. The zero-order valence-electron chi connectivity index (χ0n) is 15.4. The Kier molecular flexibility index (Phi) is 5.86. The smallest absolute Gasteiger partial charge is 0.317 e. The van der Waals surface area contributed by atoms with Gasteiger partial charge >= 0.3 is 6.03 Å². The Bertz CT molecular complexity index is 874. The molecule has 0 aliphatic carbocycles. The summed E-state index contributed by atoms with van der Waals surface area (Å²) in [4.78, 5) is 14.1. The fraction of sp³-hybridized carbons (Fsp3) is 0.350. The van der Waals surface area contributed by atoms with E-state index in [2.05, 4.69) is 15.5 Å². The molecule has 1 aliphatic rings. The Balaban J connectivity index is 1.20. The van der Waals surface area contributed by atoms with Gasteiger partial charge in [-0.2, -0.15) is 11.3 Å². The number of piperidine rings is 1. The minimum Gasteiger partial charge on any atom is -0.492 e. The summed E-state index contributed by atoms with van der Waals surface area (Å²) in [6.45, 7) is 2.26. The number of nitrogens with one attached hydrogen (secondary N) is 1. The van der Waals surface area contributed by atoms with Gasteiger partial charge in [-0.25, -0.2) is 4.79 Å². The number of hydrogen-bond acceptors (Lipinski definition) is 6. The summed E-state index contributed by atoms with van der Waals surface area (Å²) in [6.07, 6.45) is 1.64. The van der Waals surface area contributed by atoms with Gasteiger partial charge in [0, 0.05) is 30.0 Å². The second-order valence-electron chi connectivity index (χ2n) is 6.61. The molecule has 0 spiro atoms. The Morgan fingerprint density at radius 2 is 2.04 bits per heavy atom. The first-order valence-corrected chi connectivity index (χ1v) is 10.3. The molecule has 3 heterocycles. The monoisotopic (exact) mass is 398 g/mol. The second-order valence-corrected chi connectivity index (χ2v) is 7.39. The van der Waals surface area contributed by atoms with Crippen molar-refractivity contribution in [1.29, 1.82) is 0 Å². The third kappa shape index (κ3) is 4.51. The van der Waals surface area contributed by atoms with Crippen molar-refractivity contribution in [3.63, 3.8) is 0 Å². The number of ether oxygens (including phenoxy) is 1. The van der Waals surface area contributed by atoms with Crippen molar-refractivity contribution in [2.24, 2.45) is 0 Å². The molecule has 0 radical (unpaired) electrons. The van der Waals surface area contributed by atoms with Crippen LogP contribution in [0.3, 0.4) is 0 Å². The van der Waals surface area contributed by atoms with Crippen molar-refractivity contribution in [3.8, 4) is 17.2 Å². The molecule has 0 bridgehead atoms. The van der Waals surface area contributed by atoms with Crippen LogP contribution in [-0.2, 0) is 0 Å². The van der Waals surface area contributed by atoms with E-state index in [1.165, 1.54) is 0 Å². The van der Waals surface area contributed by atoms with E-state index < -0.39 is 0 Å².